The van der Waals surface area contributed by atoms with Crippen molar-refractivity contribution in [2.75, 3.05) is 17.7 Å². The average Bonchev–Trinajstić information content (AvgIpc) is 2.61. The summed E-state index contributed by atoms with van der Waals surface area (Å²) in [5, 5.41) is 14.3. The fourth-order valence-electron chi connectivity index (χ4n) is 2.43. The van der Waals surface area contributed by atoms with Crippen LogP contribution in [0.15, 0.2) is 42.5 Å². The second kappa shape index (κ2) is 9.47. The first-order valence-electron chi connectivity index (χ1n) is 8.61. The molecule has 7 heteroatoms. The van der Waals surface area contributed by atoms with Gasteiger partial charge in [0.05, 0.1) is 18.9 Å². The van der Waals surface area contributed by atoms with Gasteiger partial charge in [-0.05, 0) is 50.1 Å². The first kappa shape index (κ1) is 20.1. The van der Waals surface area contributed by atoms with Gasteiger partial charge in [-0.2, -0.15) is 0 Å². The van der Waals surface area contributed by atoms with Crippen LogP contribution < -0.4 is 20.1 Å². The van der Waals surface area contributed by atoms with Crippen LogP contribution in [0.1, 0.15) is 25.8 Å². The van der Waals surface area contributed by atoms with Crippen LogP contribution in [0.3, 0.4) is 0 Å². The molecule has 2 rings (SSSR count). The number of carboxylic acids is 1. The number of ether oxygens (including phenoxy) is 2. The molecule has 3 N–H and O–H groups in total. The number of aliphatic carboxylic acids is 1. The number of hydrogen-bond acceptors (Lipinski definition) is 4. The molecule has 0 aromatic heterocycles. The van der Waals surface area contributed by atoms with Crippen molar-refractivity contribution in [1.82, 2.24) is 0 Å². The highest BCUT2D eigenvalue weighted by atomic mass is 16.5. The maximum Gasteiger partial charge on any atom is 0.323 e. The SMILES string of the molecule is COc1ccc(OC(C)C)c(NC(=O)Nc2cccc(CCC(=O)O)c2)c1. The highest BCUT2D eigenvalue weighted by Gasteiger charge is 2.11. The van der Waals surface area contributed by atoms with Gasteiger partial charge in [-0.1, -0.05) is 12.1 Å². The van der Waals surface area contributed by atoms with Gasteiger partial charge in [-0.3, -0.25) is 4.79 Å². The number of aryl methyl sites for hydroxylation is 1. The van der Waals surface area contributed by atoms with Crippen LogP contribution in [-0.2, 0) is 11.2 Å². The number of carboxylic acid groups (broad SMARTS) is 1. The fraction of sp³-hybridized carbons (Fsp3) is 0.300. The van der Waals surface area contributed by atoms with Gasteiger partial charge < -0.3 is 25.2 Å². The third kappa shape index (κ3) is 6.54. The molecule has 144 valence electrons. The Labute approximate surface area is 158 Å². The summed E-state index contributed by atoms with van der Waals surface area (Å²) in [5.74, 6) is 0.273. The van der Waals surface area contributed by atoms with E-state index in [1.807, 2.05) is 19.9 Å². The largest absolute Gasteiger partial charge is 0.497 e. The van der Waals surface area contributed by atoms with Crippen LogP contribution in [-0.4, -0.2) is 30.3 Å². The summed E-state index contributed by atoms with van der Waals surface area (Å²) >= 11 is 0. The van der Waals surface area contributed by atoms with E-state index in [9.17, 15) is 9.59 Å². The van der Waals surface area contributed by atoms with Gasteiger partial charge in [0, 0.05) is 18.2 Å². The summed E-state index contributed by atoms with van der Waals surface area (Å²) < 4.78 is 10.9. The molecule has 0 atom stereocenters. The van der Waals surface area contributed by atoms with Crippen molar-refractivity contribution in [1.29, 1.82) is 0 Å². The van der Waals surface area contributed by atoms with Crippen LogP contribution in [0.25, 0.3) is 0 Å². The molecule has 0 saturated heterocycles. The van der Waals surface area contributed by atoms with Gasteiger partial charge in [0.2, 0.25) is 0 Å². The Morgan fingerprint density at radius 1 is 1.11 bits per heavy atom. The molecule has 0 heterocycles. The minimum atomic E-state index is -0.859. The zero-order valence-electron chi connectivity index (χ0n) is 15.6. The molecule has 0 spiro atoms. The van der Waals surface area contributed by atoms with E-state index in [2.05, 4.69) is 10.6 Å². The lowest BCUT2D eigenvalue weighted by Crippen LogP contribution is -2.20. The van der Waals surface area contributed by atoms with E-state index in [1.54, 1.807) is 43.5 Å². The van der Waals surface area contributed by atoms with Crippen LogP contribution in [0.5, 0.6) is 11.5 Å². The van der Waals surface area contributed by atoms with Gasteiger partial charge in [0.1, 0.15) is 11.5 Å². The fourth-order valence-corrected chi connectivity index (χ4v) is 2.43. The lowest BCUT2D eigenvalue weighted by Gasteiger charge is -2.16. The Balaban J connectivity index is 2.09. The standard InChI is InChI=1S/C20H24N2O5/c1-13(2)27-18-9-8-16(26-3)12-17(18)22-20(25)21-15-6-4-5-14(11-15)7-10-19(23)24/h4-6,8-9,11-13H,7,10H2,1-3H3,(H,23,24)(H2,21,22,25). The maximum atomic E-state index is 12.4. The molecule has 0 aliphatic heterocycles. The second-order valence-electron chi connectivity index (χ2n) is 6.20. The van der Waals surface area contributed by atoms with E-state index in [0.717, 1.165) is 5.56 Å². The predicted molar refractivity (Wildman–Crippen MR) is 104 cm³/mol. The smallest absolute Gasteiger partial charge is 0.323 e. The summed E-state index contributed by atoms with van der Waals surface area (Å²) in [4.78, 5) is 23.1. The van der Waals surface area contributed by atoms with Crippen molar-refractivity contribution in [3.8, 4) is 11.5 Å². The second-order valence-corrected chi connectivity index (χ2v) is 6.20. The number of nitrogens with one attached hydrogen (secondary N) is 2. The number of hydrogen-bond donors (Lipinski definition) is 3. The first-order valence-corrected chi connectivity index (χ1v) is 8.61. The van der Waals surface area contributed by atoms with Gasteiger partial charge in [-0.15, -0.1) is 0 Å². The molecule has 0 aliphatic carbocycles. The average molecular weight is 372 g/mol. The van der Waals surface area contributed by atoms with E-state index in [1.165, 1.54) is 0 Å². The van der Waals surface area contributed by atoms with Crippen LogP contribution in [0, 0.1) is 0 Å². The molecular formula is C20H24N2O5. The third-order valence-electron chi connectivity index (χ3n) is 3.61. The number of carbonyl (C=O) groups is 2. The highest BCUT2D eigenvalue weighted by Crippen LogP contribution is 2.30. The highest BCUT2D eigenvalue weighted by molar-refractivity contribution is 6.00. The zero-order chi connectivity index (χ0) is 19.8. The zero-order valence-corrected chi connectivity index (χ0v) is 15.6. The maximum absolute atomic E-state index is 12.4. The van der Waals surface area contributed by atoms with Crippen molar-refractivity contribution < 1.29 is 24.2 Å². The van der Waals surface area contributed by atoms with Crippen molar-refractivity contribution >= 4 is 23.4 Å². The lowest BCUT2D eigenvalue weighted by molar-refractivity contribution is -0.136. The minimum absolute atomic E-state index is 0.0371. The number of rotatable bonds is 8. The number of amides is 2. The Kier molecular flexibility index (Phi) is 7.05. The number of anilines is 2. The van der Waals surface area contributed by atoms with Crippen molar-refractivity contribution in [2.45, 2.75) is 32.8 Å². The van der Waals surface area contributed by atoms with E-state index in [-0.39, 0.29) is 12.5 Å². The van der Waals surface area contributed by atoms with E-state index < -0.39 is 12.0 Å². The molecular weight excluding hydrogens is 348 g/mol. The molecule has 7 nitrogen and oxygen atoms in total. The molecule has 0 unspecified atom stereocenters. The third-order valence-corrected chi connectivity index (χ3v) is 3.61. The molecule has 2 aromatic carbocycles. The summed E-state index contributed by atoms with van der Waals surface area (Å²) in [6.07, 6.45) is 0.386. The minimum Gasteiger partial charge on any atom is -0.497 e. The summed E-state index contributed by atoms with van der Waals surface area (Å²) in [7, 11) is 1.55. The molecule has 0 bridgehead atoms. The summed E-state index contributed by atoms with van der Waals surface area (Å²) in [5.41, 5.74) is 1.90. The van der Waals surface area contributed by atoms with Crippen LogP contribution in [0.2, 0.25) is 0 Å². The van der Waals surface area contributed by atoms with Crippen LogP contribution in [0.4, 0.5) is 16.2 Å². The van der Waals surface area contributed by atoms with Crippen molar-refractivity contribution in [3.05, 3.63) is 48.0 Å². The molecule has 2 amide bonds. The van der Waals surface area contributed by atoms with Gasteiger partial charge in [0.15, 0.2) is 0 Å². The summed E-state index contributed by atoms with van der Waals surface area (Å²) in [6.45, 7) is 3.80. The first-order chi connectivity index (χ1) is 12.9. The molecule has 0 aliphatic rings. The van der Waals surface area contributed by atoms with Crippen molar-refractivity contribution in [2.24, 2.45) is 0 Å². The molecule has 0 radical (unpaired) electrons. The van der Waals surface area contributed by atoms with Crippen molar-refractivity contribution in [3.63, 3.8) is 0 Å². The van der Waals surface area contributed by atoms with E-state index >= 15 is 0 Å². The van der Waals surface area contributed by atoms with Gasteiger partial charge >= 0.3 is 12.0 Å². The molecule has 0 saturated carbocycles. The summed E-state index contributed by atoms with van der Waals surface area (Å²) in [6, 6.07) is 11.8. The normalized spacial score (nSPS) is 10.4. The van der Waals surface area contributed by atoms with Gasteiger partial charge in [-0.25, -0.2) is 4.79 Å². The molecule has 2 aromatic rings. The Morgan fingerprint density at radius 3 is 2.56 bits per heavy atom. The van der Waals surface area contributed by atoms with Gasteiger partial charge in [0.25, 0.3) is 0 Å². The number of benzene rings is 2. The predicted octanol–water partition coefficient (Wildman–Crippen LogP) is 4.14. The number of urea groups is 1. The lowest BCUT2D eigenvalue weighted by atomic mass is 10.1. The molecule has 27 heavy (non-hydrogen) atoms. The monoisotopic (exact) mass is 372 g/mol. The topological polar surface area (TPSA) is 96.9 Å². The number of methoxy groups -OCH3 is 1. The Bertz CT molecular complexity index is 805. The Morgan fingerprint density at radius 2 is 1.89 bits per heavy atom. The molecule has 0 fully saturated rings. The van der Waals surface area contributed by atoms with E-state index in [0.29, 0.717) is 29.3 Å². The quantitative estimate of drug-likeness (QED) is 0.647. The van der Waals surface area contributed by atoms with Crippen LogP contribution >= 0.6 is 0 Å². The van der Waals surface area contributed by atoms with E-state index in [4.69, 9.17) is 14.6 Å². The Hall–Kier alpha value is -3.22. The number of carbonyl (C=O) groups excluding carboxylic acids is 1.